The van der Waals surface area contributed by atoms with Gasteiger partial charge >= 0.3 is 0 Å². The summed E-state index contributed by atoms with van der Waals surface area (Å²) >= 11 is 0. The summed E-state index contributed by atoms with van der Waals surface area (Å²) in [6.45, 7) is 0. The topological polar surface area (TPSA) is 110 Å². The lowest BCUT2D eigenvalue weighted by Gasteiger charge is -1.93. The average molecular weight is 179 g/mol. The molecule has 0 unspecified atom stereocenters. The van der Waals surface area contributed by atoms with Crippen LogP contribution in [-0.4, -0.2) is 22.3 Å². The molecule has 0 atom stereocenters. The van der Waals surface area contributed by atoms with Crippen LogP contribution in [0.1, 0.15) is 5.69 Å². The molecule has 0 saturated carbocycles. The number of hydrogen-bond acceptors (Lipinski definition) is 4. The number of rotatable bonds is 2. The molecule has 0 bridgehead atoms. The zero-order valence-electron chi connectivity index (χ0n) is 6.75. The maximum absolute atomic E-state index is 9.21. The van der Waals surface area contributed by atoms with Crippen molar-refractivity contribution in [2.45, 2.75) is 0 Å². The van der Waals surface area contributed by atoms with Crippen molar-refractivity contribution in [1.29, 1.82) is 0 Å². The molecule has 0 amide bonds. The van der Waals surface area contributed by atoms with E-state index in [1.54, 1.807) is 6.07 Å². The lowest BCUT2D eigenvalue weighted by molar-refractivity contribution is 0.471. The molecule has 1 rings (SSSR count). The first-order valence-electron chi connectivity index (χ1n) is 3.46. The van der Waals surface area contributed by atoms with Crippen molar-refractivity contribution in [1.82, 2.24) is 4.98 Å². The van der Waals surface area contributed by atoms with Crippen molar-refractivity contribution in [2.75, 3.05) is 0 Å². The smallest absolute Gasteiger partial charge is 0.211 e. The predicted molar refractivity (Wildman–Crippen MR) is 49.3 cm³/mol. The first-order chi connectivity index (χ1) is 6.20. The highest BCUT2D eigenvalue weighted by Gasteiger charge is 1.95. The number of nitrogens with two attached hydrogens (primary N) is 2. The summed E-state index contributed by atoms with van der Waals surface area (Å²) in [5, 5.41) is 16.1. The highest BCUT2D eigenvalue weighted by molar-refractivity contribution is 5.82. The van der Waals surface area contributed by atoms with Crippen LogP contribution in [0.15, 0.2) is 28.5 Å². The van der Waals surface area contributed by atoms with Crippen molar-refractivity contribution in [3.05, 3.63) is 24.0 Å². The van der Waals surface area contributed by atoms with E-state index in [1.807, 2.05) is 0 Å². The van der Waals surface area contributed by atoms with Crippen molar-refractivity contribution in [2.24, 2.45) is 21.7 Å². The Kier molecular flexibility index (Phi) is 2.80. The number of guanidine groups is 1. The van der Waals surface area contributed by atoms with Gasteiger partial charge in [0.2, 0.25) is 5.96 Å². The zero-order chi connectivity index (χ0) is 9.68. The van der Waals surface area contributed by atoms with Crippen LogP contribution < -0.4 is 11.5 Å². The van der Waals surface area contributed by atoms with Crippen LogP contribution >= 0.6 is 0 Å². The Labute approximate surface area is 74.6 Å². The van der Waals surface area contributed by atoms with Crippen molar-refractivity contribution < 1.29 is 5.11 Å². The molecule has 1 aromatic heterocycles. The van der Waals surface area contributed by atoms with Crippen molar-refractivity contribution in [3.8, 4) is 5.75 Å². The van der Waals surface area contributed by atoms with Crippen LogP contribution in [0.4, 0.5) is 0 Å². The van der Waals surface area contributed by atoms with Crippen LogP contribution in [0, 0.1) is 0 Å². The van der Waals surface area contributed by atoms with Crippen LogP contribution in [0.5, 0.6) is 5.75 Å². The van der Waals surface area contributed by atoms with Gasteiger partial charge < -0.3 is 16.6 Å². The fraction of sp³-hybridized carbons (Fsp3) is 0. The molecule has 1 aromatic rings. The molecule has 0 aliphatic carbocycles. The van der Waals surface area contributed by atoms with Gasteiger partial charge in [-0.2, -0.15) is 5.10 Å². The molecule has 0 aliphatic rings. The SMILES string of the molecule is NC(N)=N/N=C/c1ncccc1O. The largest absolute Gasteiger partial charge is 0.506 e. The Bertz CT molecular complexity index is 342. The van der Waals surface area contributed by atoms with Crippen molar-refractivity contribution in [3.63, 3.8) is 0 Å². The van der Waals surface area contributed by atoms with E-state index in [2.05, 4.69) is 15.2 Å². The van der Waals surface area contributed by atoms with Gasteiger partial charge in [0.05, 0.1) is 6.21 Å². The molecular formula is C7H9N5O. The van der Waals surface area contributed by atoms with Gasteiger partial charge in [-0.1, -0.05) is 0 Å². The number of aromatic nitrogens is 1. The summed E-state index contributed by atoms with van der Waals surface area (Å²) in [4.78, 5) is 3.82. The second kappa shape index (κ2) is 4.05. The summed E-state index contributed by atoms with van der Waals surface area (Å²) < 4.78 is 0. The van der Waals surface area contributed by atoms with E-state index in [0.29, 0.717) is 5.69 Å². The molecule has 0 aliphatic heterocycles. The molecule has 13 heavy (non-hydrogen) atoms. The van der Waals surface area contributed by atoms with E-state index >= 15 is 0 Å². The quantitative estimate of drug-likeness (QED) is 0.319. The minimum atomic E-state index is -0.147. The van der Waals surface area contributed by atoms with Gasteiger partial charge in [-0.15, -0.1) is 5.10 Å². The fourth-order valence-corrected chi connectivity index (χ4v) is 0.659. The summed E-state index contributed by atoms with van der Waals surface area (Å²) in [5.41, 5.74) is 10.4. The number of pyridine rings is 1. The molecule has 6 heteroatoms. The minimum absolute atomic E-state index is 0.0250. The maximum atomic E-state index is 9.21. The van der Waals surface area contributed by atoms with Gasteiger partial charge in [0.1, 0.15) is 11.4 Å². The monoisotopic (exact) mass is 179 g/mol. The number of aromatic hydroxyl groups is 1. The van der Waals surface area contributed by atoms with E-state index in [4.69, 9.17) is 11.5 Å². The first kappa shape index (κ1) is 8.98. The third-order valence-corrected chi connectivity index (χ3v) is 1.17. The average Bonchev–Trinajstić information content (AvgIpc) is 2.08. The van der Waals surface area contributed by atoms with E-state index in [1.165, 1.54) is 18.5 Å². The second-order valence-electron chi connectivity index (χ2n) is 2.18. The summed E-state index contributed by atoms with van der Waals surface area (Å²) in [5.74, 6) is -0.122. The normalized spacial score (nSPS) is 10.2. The van der Waals surface area contributed by atoms with Gasteiger partial charge in [0.25, 0.3) is 0 Å². The Morgan fingerprint density at radius 2 is 2.31 bits per heavy atom. The molecule has 5 N–H and O–H groups in total. The number of hydrogen-bond donors (Lipinski definition) is 3. The molecule has 0 aromatic carbocycles. The molecule has 0 fully saturated rings. The van der Waals surface area contributed by atoms with E-state index in [-0.39, 0.29) is 11.7 Å². The lowest BCUT2D eigenvalue weighted by Crippen LogP contribution is -2.21. The molecule has 68 valence electrons. The Balaban J connectivity index is 2.80. The second-order valence-corrected chi connectivity index (χ2v) is 2.18. The Hall–Kier alpha value is -2.11. The maximum Gasteiger partial charge on any atom is 0.211 e. The van der Waals surface area contributed by atoms with Crippen LogP contribution in [0.25, 0.3) is 0 Å². The molecule has 0 spiro atoms. The van der Waals surface area contributed by atoms with Gasteiger partial charge in [-0.3, -0.25) is 4.98 Å². The third kappa shape index (κ3) is 2.78. The molecule has 1 heterocycles. The summed E-state index contributed by atoms with van der Waals surface area (Å²) in [7, 11) is 0. The highest BCUT2D eigenvalue weighted by Crippen LogP contribution is 2.09. The van der Waals surface area contributed by atoms with E-state index < -0.39 is 0 Å². The molecule has 6 nitrogen and oxygen atoms in total. The number of nitrogens with zero attached hydrogens (tertiary/aromatic N) is 3. The standard InChI is InChI=1S/C7H9N5O/c8-7(9)12-11-4-5-6(13)2-1-3-10-5/h1-4,13H,(H4,8,9,12)/b11-4+. The summed E-state index contributed by atoms with van der Waals surface area (Å²) in [6.07, 6.45) is 2.78. The predicted octanol–water partition coefficient (Wildman–Crippen LogP) is -0.605. The van der Waals surface area contributed by atoms with Gasteiger partial charge in [0.15, 0.2) is 0 Å². The van der Waals surface area contributed by atoms with Gasteiger partial charge in [-0.25, -0.2) is 0 Å². The van der Waals surface area contributed by atoms with Crippen LogP contribution in [-0.2, 0) is 0 Å². The van der Waals surface area contributed by atoms with E-state index in [9.17, 15) is 5.11 Å². The van der Waals surface area contributed by atoms with Crippen LogP contribution in [0.3, 0.4) is 0 Å². The summed E-state index contributed by atoms with van der Waals surface area (Å²) in [6, 6.07) is 3.09. The van der Waals surface area contributed by atoms with Crippen LogP contribution in [0.2, 0.25) is 0 Å². The zero-order valence-corrected chi connectivity index (χ0v) is 6.75. The minimum Gasteiger partial charge on any atom is -0.506 e. The first-order valence-corrected chi connectivity index (χ1v) is 3.46. The van der Waals surface area contributed by atoms with Gasteiger partial charge in [-0.05, 0) is 12.1 Å². The molecule has 0 radical (unpaired) electrons. The molecule has 0 saturated heterocycles. The Morgan fingerprint density at radius 1 is 1.54 bits per heavy atom. The van der Waals surface area contributed by atoms with Crippen molar-refractivity contribution >= 4 is 12.2 Å². The highest BCUT2D eigenvalue weighted by atomic mass is 16.3. The van der Waals surface area contributed by atoms with E-state index in [0.717, 1.165) is 0 Å². The third-order valence-electron chi connectivity index (χ3n) is 1.17. The fourth-order valence-electron chi connectivity index (χ4n) is 0.659. The Morgan fingerprint density at radius 3 is 2.92 bits per heavy atom. The molecular weight excluding hydrogens is 170 g/mol. The van der Waals surface area contributed by atoms with Gasteiger partial charge in [0, 0.05) is 6.20 Å². The lowest BCUT2D eigenvalue weighted by atomic mass is 10.3.